The number of rotatable bonds is 4. The van der Waals surface area contributed by atoms with E-state index in [0.717, 1.165) is 5.69 Å². The van der Waals surface area contributed by atoms with Crippen LogP contribution in [0.5, 0.6) is 0 Å². The second-order valence-electron chi connectivity index (χ2n) is 3.66. The maximum atomic E-state index is 11.3. The van der Waals surface area contributed by atoms with Crippen LogP contribution in [-0.4, -0.2) is 15.4 Å². The molecule has 0 spiro atoms. The van der Waals surface area contributed by atoms with Crippen LogP contribution in [-0.2, 0) is 11.2 Å². The van der Waals surface area contributed by atoms with Crippen LogP contribution < -0.4 is 5.56 Å². The number of aromatic amines is 1. The molecule has 0 aromatic carbocycles. The van der Waals surface area contributed by atoms with Crippen molar-refractivity contribution in [3.8, 4) is 0 Å². The molecule has 1 N–H and O–H groups in total. The first-order valence-corrected chi connectivity index (χ1v) is 5.15. The van der Waals surface area contributed by atoms with Crippen LogP contribution in [0.4, 0.5) is 0 Å². The zero-order valence-corrected chi connectivity index (χ0v) is 9.47. The molecule has 0 radical (unpaired) electrons. The van der Waals surface area contributed by atoms with Gasteiger partial charge in [-0.2, -0.15) is 5.10 Å². The van der Waals surface area contributed by atoms with Gasteiger partial charge in [0.1, 0.15) is 0 Å². The van der Waals surface area contributed by atoms with E-state index in [-0.39, 0.29) is 17.9 Å². The zero-order chi connectivity index (χ0) is 11.4. The lowest BCUT2D eigenvalue weighted by molar-refractivity contribution is -0.111. The molecule has 0 aliphatic heterocycles. The maximum absolute atomic E-state index is 11.3. The van der Waals surface area contributed by atoms with Crippen LogP contribution >= 0.6 is 11.6 Å². The predicted molar refractivity (Wildman–Crippen MR) is 58.1 cm³/mol. The molecule has 0 unspecified atom stereocenters. The zero-order valence-electron chi connectivity index (χ0n) is 8.71. The fourth-order valence-corrected chi connectivity index (χ4v) is 1.27. The Labute approximate surface area is 92.7 Å². The molecule has 0 fully saturated rings. The van der Waals surface area contributed by atoms with Gasteiger partial charge >= 0.3 is 0 Å². The molecule has 1 aromatic heterocycles. The van der Waals surface area contributed by atoms with E-state index in [4.69, 9.17) is 11.6 Å². The summed E-state index contributed by atoms with van der Waals surface area (Å²) in [6, 6.07) is 1.73. The van der Waals surface area contributed by atoms with Crippen LogP contribution in [0.1, 0.15) is 37.4 Å². The first kappa shape index (κ1) is 11.9. The normalized spacial score (nSPS) is 10.7. The minimum atomic E-state index is -0.433. The topological polar surface area (TPSA) is 62.8 Å². The van der Waals surface area contributed by atoms with Gasteiger partial charge in [0.2, 0.25) is 5.24 Å². The molecule has 0 aliphatic rings. The number of aromatic nitrogens is 2. The summed E-state index contributed by atoms with van der Waals surface area (Å²) in [5, 5.41) is 5.89. The van der Waals surface area contributed by atoms with Crippen LogP contribution in [0.2, 0.25) is 0 Å². The Morgan fingerprint density at radius 1 is 1.60 bits per heavy atom. The highest BCUT2D eigenvalue weighted by Gasteiger charge is 2.07. The first-order valence-electron chi connectivity index (χ1n) is 4.77. The SMILES string of the molecule is CC(C)c1cc(CCC(=O)Cl)c(=O)[nH]n1. The Bertz CT molecular complexity index is 412. The number of carbonyl (C=O) groups excluding carboxylic acids is 1. The minimum Gasteiger partial charge on any atom is -0.281 e. The summed E-state index contributed by atoms with van der Waals surface area (Å²) in [5.41, 5.74) is 1.12. The van der Waals surface area contributed by atoms with E-state index < -0.39 is 5.24 Å². The molecule has 0 saturated heterocycles. The van der Waals surface area contributed by atoms with Crippen molar-refractivity contribution in [3.05, 3.63) is 27.7 Å². The van der Waals surface area contributed by atoms with Crippen molar-refractivity contribution in [1.82, 2.24) is 10.2 Å². The lowest BCUT2D eigenvalue weighted by Gasteiger charge is -2.04. The summed E-state index contributed by atoms with van der Waals surface area (Å²) < 4.78 is 0. The molecule has 1 aromatic rings. The Hall–Kier alpha value is -1.16. The molecule has 5 heteroatoms. The second-order valence-corrected chi connectivity index (χ2v) is 4.08. The van der Waals surface area contributed by atoms with Crippen LogP contribution in [0, 0.1) is 0 Å². The summed E-state index contributed by atoms with van der Waals surface area (Å²) in [7, 11) is 0. The molecule has 0 aliphatic carbocycles. The van der Waals surface area contributed by atoms with Gasteiger partial charge in [-0.05, 0) is 30.0 Å². The van der Waals surface area contributed by atoms with Crippen LogP contribution in [0.15, 0.2) is 10.9 Å². The molecule has 0 atom stereocenters. The first-order chi connectivity index (χ1) is 7.00. The van der Waals surface area contributed by atoms with E-state index in [9.17, 15) is 9.59 Å². The highest BCUT2D eigenvalue weighted by Crippen LogP contribution is 2.10. The monoisotopic (exact) mass is 228 g/mol. The van der Waals surface area contributed by atoms with Gasteiger partial charge in [-0.25, -0.2) is 5.10 Å². The molecule has 0 amide bonds. The average Bonchev–Trinajstić information content (AvgIpc) is 2.16. The lowest BCUT2D eigenvalue weighted by atomic mass is 10.1. The van der Waals surface area contributed by atoms with Crippen molar-refractivity contribution in [2.24, 2.45) is 0 Å². The number of nitrogens with zero attached hydrogens (tertiary/aromatic N) is 1. The van der Waals surface area contributed by atoms with Crippen molar-refractivity contribution in [3.63, 3.8) is 0 Å². The van der Waals surface area contributed by atoms with Crippen molar-refractivity contribution in [1.29, 1.82) is 0 Å². The third kappa shape index (κ3) is 3.47. The number of halogens is 1. The van der Waals surface area contributed by atoms with E-state index in [1.54, 1.807) is 6.07 Å². The smallest absolute Gasteiger partial charge is 0.267 e. The van der Waals surface area contributed by atoms with Crippen LogP contribution in [0.3, 0.4) is 0 Å². The number of aryl methyl sites for hydroxylation is 1. The van der Waals surface area contributed by atoms with Gasteiger partial charge in [-0.15, -0.1) is 0 Å². The lowest BCUT2D eigenvalue weighted by Crippen LogP contribution is -2.16. The minimum absolute atomic E-state index is 0.173. The van der Waals surface area contributed by atoms with Gasteiger partial charge in [-0.3, -0.25) is 9.59 Å². The molecule has 0 bridgehead atoms. The molecular formula is C10H13ClN2O2. The second kappa shape index (κ2) is 5.07. The van der Waals surface area contributed by atoms with Crippen molar-refractivity contribution in [2.75, 3.05) is 0 Å². The van der Waals surface area contributed by atoms with Crippen molar-refractivity contribution >= 4 is 16.8 Å². The molecule has 4 nitrogen and oxygen atoms in total. The Kier molecular flexibility index (Phi) is 4.03. The third-order valence-electron chi connectivity index (χ3n) is 2.08. The summed E-state index contributed by atoms with van der Waals surface area (Å²) in [5.74, 6) is 0.243. The Balaban J connectivity index is 2.90. The van der Waals surface area contributed by atoms with Gasteiger partial charge in [0, 0.05) is 12.0 Å². The van der Waals surface area contributed by atoms with E-state index in [1.807, 2.05) is 13.8 Å². The maximum Gasteiger partial charge on any atom is 0.267 e. The van der Waals surface area contributed by atoms with Gasteiger partial charge in [0.25, 0.3) is 5.56 Å². The number of H-pyrrole nitrogens is 1. The quantitative estimate of drug-likeness (QED) is 0.796. The van der Waals surface area contributed by atoms with E-state index in [1.165, 1.54) is 0 Å². The Morgan fingerprint density at radius 3 is 2.80 bits per heavy atom. The van der Waals surface area contributed by atoms with Crippen molar-refractivity contribution in [2.45, 2.75) is 32.6 Å². The van der Waals surface area contributed by atoms with Gasteiger partial charge < -0.3 is 0 Å². The summed E-state index contributed by atoms with van der Waals surface area (Å²) in [6.07, 6.45) is 0.534. The van der Waals surface area contributed by atoms with Crippen LogP contribution in [0.25, 0.3) is 0 Å². The van der Waals surface area contributed by atoms with Crippen molar-refractivity contribution < 1.29 is 4.79 Å². The molecule has 0 saturated carbocycles. The van der Waals surface area contributed by atoms with Gasteiger partial charge in [-0.1, -0.05) is 13.8 Å². The predicted octanol–water partition coefficient (Wildman–Crippen LogP) is 1.59. The number of hydrogen-bond donors (Lipinski definition) is 1. The molecule has 82 valence electrons. The Morgan fingerprint density at radius 2 is 2.27 bits per heavy atom. The molecule has 1 heterocycles. The fraction of sp³-hybridized carbons (Fsp3) is 0.500. The van der Waals surface area contributed by atoms with Gasteiger partial charge in [0.05, 0.1) is 5.69 Å². The third-order valence-corrected chi connectivity index (χ3v) is 2.27. The van der Waals surface area contributed by atoms with Gasteiger partial charge in [0.15, 0.2) is 0 Å². The standard InChI is InChI=1S/C10H13ClN2O2/c1-6(2)8-5-7(3-4-9(11)14)10(15)13-12-8/h5-6H,3-4H2,1-2H3,(H,13,15). The van der Waals surface area contributed by atoms with E-state index in [0.29, 0.717) is 12.0 Å². The van der Waals surface area contributed by atoms with E-state index in [2.05, 4.69) is 10.2 Å². The highest BCUT2D eigenvalue weighted by molar-refractivity contribution is 6.63. The summed E-state index contributed by atoms with van der Waals surface area (Å²) >= 11 is 5.22. The fourth-order valence-electron chi connectivity index (χ4n) is 1.18. The average molecular weight is 229 g/mol. The van der Waals surface area contributed by atoms with E-state index >= 15 is 0 Å². The number of carbonyl (C=O) groups is 1. The summed E-state index contributed by atoms with van der Waals surface area (Å²) in [6.45, 7) is 3.97. The largest absolute Gasteiger partial charge is 0.281 e. The molecule has 15 heavy (non-hydrogen) atoms. The molecular weight excluding hydrogens is 216 g/mol. The number of hydrogen-bond acceptors (Lipinski definition) is 3. The summed E-state index contributed by atoms with van der Waals surface area (Å²) in [4.78, 5) is 21.9. The number of nitrogens with one attached hydrogen (secondary N) is 1. The highest BCUT2D eigenvalue weighted by atomic mass is 35.5. The molecule has 1 rings (SSSR count).